The Morgan fingerprint density at radius 3 is 3.11 bits per heavy atom. The van der Waals surface area contributed by atoms with Gasteiger partial charge in [-0.3, -0.25) is 10.1 Å². The van der Waals surface area contributed by atoms with E-state index < -0.39 is 16.6 Å². The van der Waals surface area contributed by atoms with E-state index in [9.17, 15) is 14.9 Å². The summed E-state index contributed by atoms with van der Waals surface area (Å²) < 4.78 is 10.3. The number of aromatic nitrogens is 1. The third-order valence-corrected chi connectivity index (χ3v) is 2.90. The maximum absolute atomic E-state index is 11.8. The molecule has 0 amide bonds. The molecule has 8 heteroatoms. The number of rotatable bonds is 4. The zero-order valence-electron chi connectivity index (χ0n) is 9.87. The second kappa shape index (κ2) is 5.94. The van der Waals surface area contributed by atoms with Crippen LogP contribution in [0.5, 0.6) is 0 Å². The fourth-order valence-corrected chi connectivity index (χ4v) is 1.91. The van der Waals surface area contributed by atoms with E-state index >= 15 is 0 Å². The highest BCUT2D eigenvalue weighted by Gasteiger charge is 2.24. The lowest BCUT2D eigenvalue weighted by molar-refractivity contribution is -0.385. The van der Waals surface area contributed by atoms with Crippen LogP contribution in [-0.2, 0) is 9.47 Å². The molecule has 2 rings (SSSR count). The van der Waals surface area contributed by atoms with Crippen LogP contribution in [0.15, 0.2) is 12.3 Å². The van der Waals surface area contributed by atoms with Gasteiger partial charge in [0.15, 0.2) is 0 Å². The van der Waals surface area contributed by atoms with Gasteiger partial charge >= 0.3 is 11.7 Å². The summed E-state index contributed by atoms with van der Waals surface area (Å²) in [6.07, 6.45) is 2.53. The molecule has 1 saturated heterocycles. The van der Waals surface area contributed by atoms with Gasteiger partial charge in [-0.05, 0) is 18.9 Å². The first-order valence-corrected chi connectivity index (χ1v) is 6.04. The number of carbonyl (C=O) groups is 1. The molecule has 1 aliphatic heterocycles. The normalized spacial score (nSPS) is 18.3. The zero-order chi connectivity index (χ0) is 13.8. The van der Waals surface area contributed by atoms with Gasteiger partial charge in [-0.1, -0.05) is 11.6 Å². The third kappa shape index (κ3) is 3.39. The lowest BCUT2D eigenvalue weighted by atomic mass is 10.2. The maximum atomic E-state index is 11.8. The molecular formula is C11H11ClN2O5. The summed E-state index contributed by atoms with van der Waals surface area (Å²) in [6, 6.07) is 1.12. The molecular weight excluding hydrogens is 276 g/mol. The summed E-state index contributed by atoms with van der Waals surface area (Å²) in [6.45, 7) is 0.722. The third-order valence-electron chi connectivity index (χ3n) is 2.69. The van der Waals surface area contributed by atoms with Gasteiger partial charge < -0.3 is 9.47 Å². The van der Waals surface area contributed by atoms with E-state index in [-0.39, 0.29) is 23.4 Å². The van der Waals surface area contributed by atoms with Gasteiger partial charge in [0, 0.05) is 6.61 Å². The number of hydrogen-bond donors (Lipinski definition) is 0. The van der Waals surface area contributed by atoms with Crippen LogP contribution >= 0.6 is 11.6 Å². The molecule has 19 heavy (non-hydrogen) atoms. The van der Waals surface area contributed by atoms with E-state index in [1.807, 2.05) is 0 Å². The van der Waals surface area contributed by atoms with Crippen molar-refractivity contribution in [3.05, 3.63) is 33.1 Å². The van der Waals surface area contributed by atoms with Gasteiger partial charge in [0.05, 0.1) is 11.0 Å². The average molecular weight is 287 g/mol. The minimum absolute atomic E-state index is 0.00494. The van der Waals surface area contributed by atoms with Crippen molar-refractivity contribution in [1.82, 2.24) is 4.98 Å². The summed E-state index contributed by atoms with van der Waals surface area (Å²) in [4.78, 5) is 25.5. The predicted molar refractivity (Wildman–Crippen MR) is 65.2 cm³/mol. The van der Waals surface area contributed by atoms with E-state index in [1.54, 1.807) is 0 Å². The Bertz CT molecular complexity index is 502. The second-order valence-electron chi connectivity index (χ2n) is 4.01. The van der Waals surface area contributed by atoms with Crippen LogP contribution in [0.4, 0.5) is 5.69 Å². The highest BCUT2D eigenvalue weighted by molar-refractivity contribution is 6.29. The number of esters is 1. The molecule has 0 N–H and O–H groups in total. The molecule has 1 fully saturated rings. The van der Waals surface area contributed by atoms with Crippen LogP contribution in [-0.4, -0.2) is 35.2 Å². The minimum atomic E-state index is -0.800. The molecule has 0 radical (unpaired) electrons. The Morgan fingerprint density at radius 1 is 1.68 bits per heavy atom. The van der Waals surface area contributed by atoms with Crippen molar-refractivity contribution in [2.45, 2.75) is 18.9 Å². The van der Waals surface area contributed by atoms with E-state index in [0.717, 1.165) is 25.1 Å². The van der Waals surface area contributed by atoms with E-state index in [0.29, 0.717) is 6.61 Å². The number of carbonyl (C=O) groups excluding carboxylic acids is 1. The number of nitrogens with zero attached hydrogens (tertiary/aromatic N) is 2. The van der Waals surface area contributed by atoms with Crippen molar-refractivity contribution < 1.29 is 19.2 Å². The highest BCUT2D eigenvalue weighted by atomic mass is 35.5. The second-order valence-corrected chi connectivity index (χ2v) is 4.40. The maximum Gasteiger partial charge on any atom is 0.345 e. The highest BCUT2D eigenvalue weighted by Crippen LogP contribution is 2.22. The van der Waals surface area contributed by atoms with E-state index in [4.69, 9.17) is 21.1 Å². The summed E-state index contributed by atoms with van der Waals surface area (Å²) >= 11 is 5.63. The Labute approximate surface area is 113 Å². The van der Waals surface area contributed by atoms with Gasteiger partial charge in [-0.2, -0.15) is 0 Å². The summed E-state index contributed by atoms with van der Waals surface area (Å²) in [7, 11) is 0. The Morgan fingerprint density at radius 2 is 2.47 bits per heavy atom. The smallest absolute Gasteiger partial charge is 0.345 e. The van der Waals surface area contributed by atoms with Crippen LogP contribution < -0.4 is 0 Å². The molecule has 1 atom stereocenters. The van der Waals surface area contributed by atoms with Crippen LogP contribution in [0, 0.1) is 10.1 Å². The van der Waals surface area contributed by atoms with Gasteiger partial charge in [0.2, 0.25) is 0 Å². The molecule has 7 nitrogen and oxygen atoms in total. The monoisotopic (exact) mass is 286 g/mol. The number of hydrogen-bond acceptors (Lipinski definition) is 6. The van der Waals surface area contributed by atoms with Gasteiger partial charge in [0.25, 0.3) is 0 Å². The van der Waals surface area contributed by atoms with Crippen LogP contribution in [0.2, 0.25) is 5.15 Å². The zero-order valence-corrected chi connectivity index (χ0v) is 10.6. The Kier molecular flexibility index (Phi) is 4.28. The molecule has 1 aromatic heterocycles. The van der Waals surface area contributed by atoms with Gasteiger partial charge in [-0.25, -0.2) is 9.78 Å². The largest absolute Gasteiger partial charge is 0.459 e. The van der Waals surface area contributed by atoms with Crippen molar-refractivity contribution >= 4 is 23.3 Å². The Balaban J connectivity index is 2.08. The Hall–Kier alpha value is -1.73. The molecule has 0 spiro atoms. The van der Waals surface area contributed by atoms with Crippen LogP contribution in [0.25, 0.3) is 0 Å². The summed E-state index contributed by atoms with van der Waals surface area (Å²) in [5.74, 6) is -0.800. The SMILES string of the molecule is O=C(OCC1CCCO1)c1cc(Cl)ncc1[N+](=O)[O-]. The van der Waals surface area contributed by atoms with Gasteiger partial charge in [-0.15, -0.1) is 0 Å². The summed E-state index contributed by atoms with van der Waals surface area (Å²) in [5.41, 5.74) is -0.635. The first-order valence-electron chi connectivity index (χ1n) is 5.66. The molecule has 0 bridgehead atoms. The fourth-order valence-electron chi connectivity index (χ4n) is 1.75. The van der Waals surface area contributed by atoms with Crippen LogP contribution in [0.1, 0.15) is 23.2 Å². The van der Waals surface area contributed by atoms with Crippen molar-refractivity contribution in [3.8, 4) is 0 Å². The standard InChI is InChI=1S/C11H11ClN2O5/c12-10-4-8(9(5-13-10)14(16)17)11(15)19-6-7-2-1-3-18-7/h4-5,7H,1-3,6H2. The van der Waals surface area contributed by atoms with Crippen molar-refractivity contribution in [2.75, 3.05) is 13.2 Å². The molecule has 0 aliphatic carbocycles. The van der Waals surface area contributed by atoms with Crippen molar-refractivity contribution in [1.29, 1.82) is 0 Å². The van der Waals surface area contributed by atoms with Crippen molar-refractivity contribution in [2.24, 2.45) is 0 Å². The molecule has 0 saturated carbocycles. The average Bonchev–Trinajstić information content (AvgIpc) is 2.88. The topological polar surface area (TPSA) is 91.6 Å². The van der Waals surface area contributed by atoms with Crippen LogP contribution in [0.3, 0.4) is 0 Å². The first kappa shape index (κ1) is 13.7. The molecule has 2 heterocycles. The number of pyridine rings is 1. The number of halogens is 1. The van der Waals surface area contributed by atoms with Crippen molar-refractivity contribution in [3.63, 3.8) is 0 Å². The molecule has 102 valence electrons. The molecule has 1 aromatic rings. The lowest BCUT2D eigenvalue weighted by Crippen LogP contribution is -2.18. The molecule has 1 unspecified atom stereocenters. The summed E-state index contributed by atoms with van der Waals surface area (Å²) in [5, 5.41) is 10.8. The number of ether oxygens (including phenoxy) is 2. The minimum Gasteiger partial charge on any atom is -0.459 e. The lowest BCUT2D eigenvalue weighted by Gasteiger charge is -2.10. The first-order chi connectivity index (χ1) is 9.08. The van der Waals surface area contributed by atoms with Gasteiger partial charge in [0.1, 0.15) is 23.5 Å². The fraction of sp³-hybridized carbons (Fsp3) is 0.455. The van der Waals surface area contributed by atoms with E-state index in [2.05, 4.69) is 4.98 Å². The quantitative estimate of drug-likeness (QED) is 0.364. The predicted octanol–water partition coefficient (Wildman–Crippen LogP) is 1.98. The molecule has 1 aliphatic rings. The molecule has 0 aromatic carbocycles. The number of nitro groups is 1. The van der Waals surface area contributed by atoms with E-state index in [1.165, 1.54) is 0 Å².